The van der Waals surface area contributed by atoms with Crippen LogP contribution in [0.15, 0.2) is 48.5 Å². The molecule has 2 amide bonds. The Morgan fingerprint density at radius 1 is 1.19 bits per heavy atom. The first kappa shape index (κ1) is 18.9. The van der Waals surface area contributed by atoms with Crippen molar-refractivity contribution in [2.45, 2.75) is 5.75 Å². The Bertz CT molecular complexity index is 995. The summed E-state index contributed by atoms with van der Waals surface area (Å²) < 4.78 is 39.5. The van der Waals surface area contributed by atoms with E-state index in [4.69, 9.17) is 0 Å². The number of urea groups is 1. The lowest BCUT2D eigenvalue weighted by atomic mass is 10.2. The highest BCUT2D eigenvalue weighted by molar-refractivity contribution is 7.88. The summed E-state index contributed by atoms with van der Waals surface area (Å²) in [6.45, 7) is 1.20. The van der Waals surface area contributed by atoms with Crippen molar-refractivity contribution < 1.29 is 17.6 Å². The minimum atomic E-state index is -3.60. The van der Waals surface area contributed by atoms with Gasteiger partial charge in [0.05, 0.1) is 12.3 Å². The van der Waals surface area contributed by atoms with Crippen molar-refractivity contribution >= 4 is 21.7 Å². The zero-order valence-corrected chi connectivity index (χ0v) is 15.2. The van der Waals surface area contributed by atoms with E-state index in [1.807, 2.05) is 0 Å². The topological polar surface area (TPSA) is 78.5 Å². The van der Waals surface area contributed by atoms with Crippen molar-refractivity contribution in [1.29, 1.82) is 0 Å². The molecule has 0 bridgehead atoms. The minimum absolute atomic E-state index is 0.0477. The number of amides is 2. The lowest BCUT2D eigenvalue weighted by molar-refractivity contribution is 0.252. The molecule has 0 spiro atoms. The van der Waals surface area contributed by atoms with Gasteiger partial charge in [0.1, 0.15) is 5.82 Å². The molecule has 2 aromatic carbocycles. The van der Waals surface area contributed by atoms with E-state index in [1.165, 1.54) is 18.2 Å². The van der Waals surface area contributed by atoms with Gasteiger partial charge in [-0.2, -0.15) is 0 Å². The number of anilines is 1. The van der Waals surface area contributed by atoms with Gasteiger partial charge >= 0.3 is 6.03 Å². The van der Waals surface area contributed by atoms with Crippen molar-refractivity contribution in [3.05, 3.63) is 65.5 Å². The van der Waals surface area contributed by atoms with Gasteiger partial charge in [-0.3, -0.25) is 4.90 Å². The Balaban J connectivity index is 1.54. The quantitative estimate of drug-likeness (QED) is 0.769. The number of carbonyl (C=O) groups excluding carboxylic acids is 1. The maximum absolute atomic E-state index is 13.1. The summed E-state index contributed by atoms with van der Waals surface area (Å²) >= 11 is 0. The smallest absolute Gasteiger partial charge is 0.321 e. The Labute approximate surface area is 157 Å². The molecule has 2 N–H and O–H groups in total. The van der Waals surface area contributed by atoms with Crippen LogP contribution in [0, 0.1) is 17.7 Å². The van der Waals surface area contributed by atoms with Crippen LogP contribution in [0.3, 0.4) is 0 Å². The molecule has 0 saturated carbocycles. The molecule has 1 saturated heterocycles. The van der Waals surface area contributed by atoms with E-state index in [9.17, 15) is 17.6 Å². The third-order valence-electron chi connectivity index (χ3n) is 3.89. The molecule has 1 fully saturated rings. The summed E-state index contributed by atoms with van der Waals surface area (Å²) in [4.78, 5) is 13.3. The number of sulfonamides is 1. The fraction of sp³-hybridized carbons (Fsp3) is 0.211. The highest BCUT2D eigenvalue weighted by Gasteiger charge is 2.20. The lowest BCUT2D eigenvalue weighted by Gasteiger charge is -2.13. The van der Waals surface area contributed by atoms with Crippen LogP contribution in [-0.2, 0) is 15.8 Å². The van der Waals surface area contributed by atoms with Crippen LogP contribution < -0.4 is 14.9 Å². The number of nitrogens with one attached hydrogen (secondary N) is 2. The maximum atomic E-state index is 13.1. The van der Waals surface area contributed by atoms with Crippen molar-refractivity contribution in [2.75, 3.05) is 24.5 Å². The number of hydrogen-bond donors (Lipinski definition) is 2. The van der Waals surface area contributed by atoms with Gasteiger partial charge in [0, 0.05) is 24.3 Å². The summed E-state index contributed by atoms with van der Waals surface area (Å²) in [5.41, 5.74) is 1.87. The van der Waals surface area contributed by atoms with E-state index in [-0.39, 0.29) is 18.3 Å². The van der Waals surface area contributed by atoms with Crippen molar-refractivity contribution in [3.8, 4) is 11.8 Å². The number of hydrogen-bond acceptors (Lipinski definition) is 3. The predicted molar refractivity (Wildman–Crippen MR) is 101 cm³/mol. The van der Waals surface area contributed by atoms with Crippen LogP contribution in [-0.4, -0.2) is 34.1 Å². The molecule has 0 unspecified atom stereocenters. The molecule has 0 radical (unpaired) electrons. The van der Waals surface area contributed by atoms with Crippen molar-refractivity contribution in [1.82, 2.24) is 10.0 Å². The van der Waals surface area contributed by atoms with E-state index in [0.717, 1.165) is 5.69 Å². The second kappa shape index (κ2) is 8.20. The first-order valence-corrected chi connectivity index (χ1v) is 9.94. The molecule has 1 heterocycles. The first-order valence-electron chi connectivity index (χ1n) is 8.29. The highest BCUT2D eigenvalue weighted by Crippen LogP contribution is 2.16. The Morgan fingerprint density at radius 2 is 1.96 bits per heavy atom. The summed E-state index contributed by atoms with van der Waals surface area (Å²) in [7, 11) is -3.60. The number of nitrogens with zero attached hydrogens (tertiary/aromatic N) is 1. The molecule has 2 aromatic rings. The summed E-state index contributed by atoms with van der Waals surface area (Å²) in [5, 5.41) is 2.73. The maximum Gasteiger partial charge on any atom is 0.321 e. The van der Waals surface area contributed by atoms with Crippen LogP contribution in [0.2, 0.25) is 0 Å². The fourth-order valence-corrected chi connectivity index (χ4v) is 3.64. The van der Waals surface area contributed by atoms with E-state index >= 15 is 0 Å². The van der Waals surface area contributed by atoms with Gasteiger partial charge < -0.3 is 5.32 Å². The zero-order valence-electron chi connectivity index (χ0n) is 14.4. The molecule has 3 rings (SSSR count). The molecule has 27 heavy (non-hydrogen) atoms. The van der Waals surface area contributed by atoms with E-state index in [0.29, 0.717) is 24.2 Å². The van der Waals surface area contributed by atoms with Crippen LogP contribution in [0.5, 0.6) is 0 Å². The number of rotatable bonds is 5. The van der Waals surface area contributed by atoms with Crippen LogP contribution >= 0.6 is 0 Å². The summed E-state index contributed by atoms with van der Waals surface area (Å²) in [5.74, 6) is 4.83. The molecular weight excluding hydrogens is 369 g/mol. The van der Waals surface area contributed by atoms with Crippen molar-refractivity contribution in [2.24, 2.45) is 0 Å². The number of benzene rings is 2. The van der Waals surface area contributed by atoms with E-state index < -0.39 is 15.8 Å². The van der Waals surface area contributed by atoms with Gasteiger partial charge in [-0.25, -0.2) is 22.3 Å². The molecule has 140 valence electrons. The Morgan fingerprint density at radius 3 is 2.63 bits per heavy atom. The third kappa shape index (κ3) is 5.29. The SMILES string of the molecule is O=C1NCCN1c1ccc(C#CCNS(=O)(=O)Cc2cccc(F)c2)cc1. The number of halogens is 1. The molecule has 0 atom stereocenters. The largest absolute Gasteiger partial charge is 0.336 e. The van der Waals surface area contributed by atoms with Crippen LogP contribution in [0.1, 0.15) is 11.1 Å². The molecule has 6 nitrogen and oxygen atoms in total. The third-order valence-corrected chi connectivity index (χ3v) is 5.19. The molecule has 0 aliphatic carbocycles. The average molecular weight is 387 g/mol. The summed E-state index contributed by atoms with van der Waals surface area (Å²) in [6, 6.07) is 12.5. The van der Waals surface area contributed by atoms with Gasteiger partial charge in [-0.05, 0) is 42.0 Å². The predicted octanol–water partition coefficient (Wildman–Crippen LogP) is 1.83. The molecule has 1 aliphatic rings. The van der Waals surface area contributed by atoms with Gasteiger partial charge in [0.15, 0.2) is 0 Å². The summed E-state index contributed by atoms with van der Waals surface area (Å²) in [6.07, 6.45) is 0. The Kier molecular flexibility index (Phi) is 5.74. The van der Waals surface area contributed by atoms with Crippen LogP contribution in [0.25, 0.3) is 0 Å². The molecule has 8 heteroatoms. The van der Waals surface area contributed by atoms with E-state index in [1.54, 1.807) is 35.2 Å². The van der Waals surface area contributed by atoms with Crippen molar-refractivity contribution in [3.63, 3.8) is 0 Å². The normalized spacial score (nSPS) is 13.8. The second-order valence-corrected chi connectivity index (χ2v) is 7.75. The standard InChI is InChI=1S/C19H18FN3O3S/c20-17-5-1-3-16(13-17)14-27(25,26)22-10-2-4-15-6-8-18(9-7-15)23-12-11-21-19(23)24/h1,3,5-9,13,22H,10-12,14H2,(H,21,24). The first-order chi connectivity index (χ1) is 12.9. The molecule has 1 aliphatic heterocycles. The number of carbonyl (C=O) groups is 1. The Hall–Kier alpha value is -2.89. The van der Waals surface area contributed by atoms with E-state index in [2.05, 4.69) is 21.9 Å². The lowest BCUT2D eigenvalue weighted by Crippen LogP contribution is -2.27. The molecular formula is C19H18FN3O3S. The minimum Gasteiger partial charge on any atom is -0.336 e. The zero-order chi connectivity index (χ0) is 19.3. The second-order valence-electron chi connectivity index (χ2n) is 5.94. The highest BCUT2D eigenvalue weighted by atomic mass is 32.2. The van der Waals surface area contributed by atoms with Gasteiger partial charge in [-0.15, -0.1) is 0 Å². The average Bonchev–Trinajstić information content (AvgIpc) is 3.05. The van der Waals surface area contributed by atoms with Crippen LogP contribution in [0.4, 0.5) is 14.9 Å². The van der Waals surface area contributed by atoms with Gasteiger partial charge in [-0.1, -0.05) is 24.0 Å². The van der Waals surface area contributed by atoms with Gasteiger partial charge in [0.2, 0.25) is 10.0 Å². The van der Waals surface area contributed by atoms with Gasteiger partial charge in [0.25, 0.3) is 0 Å². The molecule has 0 aromatic heterocycles. The monoisotopic (exact) mass is 387 g/mol. The fourth-order valence-electron chi connectivity index (χ4n) is 2.63.